The zero-order chi connectivity index (χ0) is 14.2. The molecule has 1 saturated heterocycles. The number of nitrogens with two attached hydrogens (primary N) is 1. The van der Waals surface area contributed by atoms with Crippen molar-refractivity contribution >= 4 is 23.0 Å². The molecule has 2 aliphatic rings. The standard InChI is InChI=1S/C15H21N3OS/c1-15(6-3-7-19-15)9-17-14-11(13(16)20)8-10-4-2-5-12(10)18-14/h8H,2-7,9H2,1H3,(H2,16,20)(H,17,18). The zero-order valence-electron chi connectivity index (χ0n) is 11.9. The van der Waals surface area contributed by atoms with E-state index in [1.54, 1.807) is 0 Å². The van der Waals surface area contributed by atoms with Crippen LogP contribution in [0.4, 0.5) is 5.82 Å². The number of hydrogen-bond donors (Lipinski definition) is 2. The second-order valence-electron chi connectivity index (χ2n) is 5.96. The molecule has 108 valence electrons. The summed E-state index contributed by atoms with van der Waals surface area (Å²) in [6, 6.07) is 2.11. The molecule has 2 heterocycles. The average molecular weight is 291 g/mol. The first-order chi connectivity index (χ1) is 9.57. The van der Waals surface area contributed by atoms with E-state index in [0.29, 0.717) is 4.99 Å². The first-order valence-electron chi connectivity index (χ1n) is 7.28. The lowest BCUT2D eigenvalue weighted by molar-refractivity contribution is 0.0314. The number of aryl methyl sites for hydroxylation is 2. The molecule has 1 fully saturated rings. The quantitative estimate of drug-likeness (QED) is 0.833. The number of ether oxygens (including phenoxy) is 1. The summed E-state index contributed by atoms with van der Waals surface area (Å²) < 4.78 is 5.80. The minimum Gasteiger partial charge on any atom is -0.389 e. The van der Waals surface area contributed by atoms with Crippen LogP contribution in [0.2, 0.25) is 0 Å². The minimum absolute atomic E-state index is 0.103. The van der Waals surface area contributed by atoms with E-state index in [0.717, 1.165) is 50.2 Å². The van der Waals surface area contributed by atoms with Crippen LogP contribution >= 0.6 is 12.2 Å². The molecule has 20 heavy (non-hydrogen) atoms. The summed E-state index contributed by atoms with van der Waals surface area (Å²) in [6.07, 6.45) is 5.50. The fraction of sp³-hybridized carbons (Fsp3) is 0.600. The normalized spacial score (nSPS) is 24.6. The Kier molecular flexibility index (Phi) is 3.65. The molecule has 3 rings (SSSR count). The Morgan fingerprint density at radius 3 is 3.05 bits per heavy atom. The van der Waals surface area contributed by atoms with Crippen molar-refractivity contribution in [3.63, 3.8) is 0 Å². The number of hydrogen-bond acceptors (Lipinski definition) is 4. The summed E-state index contributed by atoms with van der Waals surface area (Å²) in [7, 11) is 0. The number of nitrogens with zero attached hydrogens (tertiary/aromatic N) is 1. The van der Waals surface area contributed by atoms with Crippen LogP contribution in [0.3, 0.4) is 0 Å². The molecule has 1 unspecified atom stereocenters. The topological polar surface area (TPSA) is 60.2 Å². The van der Waals surface area contributed by atoms with E-state index in [-0.39, 0.29) is 5.60 Å². The van der Waals surface area contributed by atoms with Crippen molar-refractivity contribution in [1.82, 2.24) is 4.98 Å². The van der Waals surface area contributed by atoms with E-state index in [1.165, 1.54) is 17.7 Å². The lowest BCUT2D eigenvalue weighted by Crippen LogP contribution is -2.33. The molecule has 1 aliphatic heterocycles. The average Bonchev–Trinajstić information content (AvgIpc) is 3.04. The van der Waals surface area contributed by atoms with Crippen LogP contribution < -0.4 is 11.1 Å². The maximum absolute atomic E-state index is 5.85. The predicted octanol–water partition coefficient (Wildman–Crippen LogP) is 2.19. The van der Waals surface area contributed by atoms with Crippen LogP contribution in [0.15, 0.2) is 6.07 Å². The van der Waals surface area contributed by atoms with Crippen molar-refractivity contribution in [3.8, 4) is 0 Å². The fourth-order valence-electron chi connectivity index (χ4n) is 3.04. The van der Waals surface area contributed by atoms with Gasteiger partial charge >= 0.3 is 0 Å². The van der Waals surface area contributed by atoms with Gasteiger partial charge in [0.1, 0.15) is 10.8 Å². The second-order valence-corrected chi connectivity index (χ2v) is 6.40. The molecule has 0 amide bonds. The Morgan fingerprint density at radius 1 is 1.50 bits per heavy atom. The van der Waals surface area contributed by atoms with E-state index >= 15 is 0 Å². The van der Waals surface area contributed by atoms with Crippen molar-refractivity contribution < 1.29 is 4.74 Å². The van der Waals surface area contributed by atoms with Gasteiger partial charge in [-0.15, -0.1) is 0 Å². The number of pyridine rings is 1. The molecule has 0 bridgehead atoms. The van der Waals surface area contributed by atoms with Crippen molar-refractivity contribution in [2.45, 2.75) is 44.6 Å². The fourth-order valence-corrected chi connectivity index (χ4v) is 3.20. The third kappa shape index (κ3) is 2.65. The number of rotatable bonds is 4. The highest BCUT2D eigenvalue weighted by Gasteiger charge is 2.30. The van der Waals surface area contributed by atoms with Crippen molar-refractivity contribution in [2.75, 3.05) is 18.5 Å². The van der Waals surface area contributed by atoms with Crippen molar-refractivity contribution in [3.05, 3.63) is 22.9 Å². The molecule has 1 atom stereocenters. The summed E-state index contributed by atoms with van der Waals surface area (Å²) >= 11 is 5.16. The number of fused-ring (bicyclic) bond motifs is 1. The van der Waals surface area contributed by atoms with Crippen LogP contribution in [0.1, 0.15) is 43.0 Å². The number of nitrogens with one attached hydrogen (secondary N) is 1. The molecule has 5 heteroatoms. The smallest absolute Gasteiger partial charge is 0.136 e. The molecule has 0 spiro atoms. The predicted molar refractivity (Wildman–Crippen MR) is 84.2 cm³/mol. The van der Waals surface area contributed by atoms with Gasteiger partial charge in [-0.2, -0.15) is 0 Å². The Hall–Kier alpha value is -1.20. The van der Waals surface area contributed by atoms with E-state index < -0.39 is 0 Å². The summed E-state index contributed by atoms with van der Waals surface area (Å²) in [5, 5.41) is 3.40. The molecule has 1 aliphatic carbocycles. The maximum Gasteiger partial charge on any atom is 0.136 e. The van der Waals surface area contributed by atoms with Crippen LogP contribution in [0.25, 0.3) is 0 Å². The van der Waals surface area contributed by atoms with Crippen molar-refractivity contribution in [2.24, 2.45) is 5.73 Å². The van der Waals surface area contributed by atoms with Crippen LogP contribution in [0, 0.1) is 0 Å². The monoisotopic (exact) mass is 291 g/mol. The second kappa shape index (κ2) is 5.30. The molecule has 1 aromatic rings. The molecular weight excluding hydrogens is 270 g/mol. The lowest BCUT2D eigenvalue weighted by Gasteiger charge is -2.24. The number of aromatic nitrogens is 1. The van der Waals surface area contributed by atoms with Crippen LogP contribution in [-0.2, 0) is 17.6 Å². The minimum atomic E-state index is -0.103. The summed E-state index contributed by atoms with van der Waals surface area (Å²) in [6.45, 7) is 3.73. The number of thiocarbonyl (C=S) groups is 1. The maximum atomic E-state index is 5.85. The highest BCUT2D eigenvalue weighted by atomic mass is 32.1. The molecular formula is C15H21N3OS. The molecule has 3 N–H and O–H groups in total. The third-order valence-electron chi connectivity index (χ3n) is 4.25. The molecule has 0 saturated carbocycles. The molecule has 0 radical (unpaired) electrons. The first-order valence-corrected chi connectivity index (χ1v) is 7.69. The SMILES string of the molecule is CC1(CNc2nc3c(cc2C(N)=S)CCC3)CCCO1. The van der Waals surface area contributed by atoms with E-state index in [4.69, 9.17) is 27.7 Å². The van der Waals surface area contributed by atoms with Gasteiger partial charge < -0.3 is 15.8 Å². The van der Waals surface area contributed by atoms with Crippen molar-refractivity contribution in [1.29, 1.82) is 0 Å². The Morgan fingerprint density at radius 2 is 2.35 bits per heavy atom. The van der Waals surface area contributed by atoms with Gasteiger partial charge in [0.2, 0.25) is 0 Å². The zero-order valence-corrected chi connectivity index (χ0v) is 12.7. The Balaban J connectivity index is 1.82. The first kappa shape index (κ1) is 13.8. The highest BCUT2D eigenvalue weighted by molar-refractivity contribution is 7.80. The van der Waals surface area contributed by atoms with Gasteiger partial charge in [0.15, 0.2) is 0 Å². The van der Waals surface area contributed by atoms with Crippen LogP contribution in [-0.4, -0.2) is 28.7 Å². The highest BCUT2D eigenvalue weighted by Crippen LogP contribution is 2.28. The van der Waals surface area contributed by atoms with E-state index in [9.17, 15) is 0 Å². The Bertz CT molecular complexity index is 538. The van der Waals surface area contributed by atoms with Gasteiger partial charge in [0.05, 0.1) is 11.2 Å². The van der Waals surface area contributed by atoms with E-state index in [2.05, 4.69) is 18.3 Å². The summed E-state index contributed by atoms with van der Waals surface area (Å²) in [4.78, 5) is 5.14. The third-order valence-corrected chi connectivity index (χ3v) is 4.47. The lowest BCUT2D eigenvalue weighted by atomic mass is 10.0. The number of anilines is 1. The van der Waals surface area contributed by atoms with Gasteiger partial charge in [-0.3, -0.25) is 0 Å². The van der Waals surface area contributed by atoms with Crippen LogP contribution in [0.5, 0.6) is 0 Å². The molecule has 4 nitrogen and oxygen atoms in total. The summed E-state index contributed by atoms with van der Waals surface area (Å²) in [5.74, 6) is 0.815. The summed E-state index contributed by atoms with van der Waals surface area (Å²) in [5.41, 5.74) is 9.08. The molecule has 1 aromatic heterocycles. The van der Waals surface area contributed by atoms with Gasteiger partial charge in [-0.1, -0.05) is 12.2 Å². The van der Waals surface area contributed by atoms with Gasteiger partial charge in [-0.05, 0) is 50.7 Å². The van der Waals surface area contributed by atoms with Gasteiger partial charge in [0, 0.05) is 18.8 Å². The van der Waals surface area contributed by atoms with Gasteiger partial charge in [0.25, 0.3) is 0 Å². The van der Waals surface area contributed by atoms with Gasteiger partial charge in [-0.25, -0.2) is 4.98 Å². The largest absolute Gasteiger partial charge is 0.389 e. The Labute approximate surface area is 125 Å². The van der Waals surface area contributed by atoms with E-state index in [1.807, 2.05) is 0 Å². The molecule has 0 aromatic carbocycles.